The van der Waals surface area contributed by atoms with Crippen molar-refractivity contribution in [1.82, 2.24) is 40.9 Å². The molecule has 0 aromatic heterocycles. The van der Waals surface area contributed by atoms with Crippen LogP contribution in [-0.4, -0.2) is 149 Å². The molecule has 82 heavy (non-hydrogen) atoms. The monoisotopic (exact) mass is 1160 g/mol. The Hall–Kier alpha value is -3.02. The molecule has 14 heteroatoms. The Labute approximate surface area is 512 Å². The van der Waals surface area contributed by atoms with Gasteiger partial charge in [-0.15, -0.1) is 0 Å². The van der Waals surface area contributed by atoms with Crippen molar-refractivity contribution in [2.45, 2.75) is 259 Å². The molecule has 0 heterocycles. The van der Waals surface area contributed by atoms with Gasteiger partial charge in [0.1, 0.15) is 6.73 Å². The first-order valence-corrected chi connectivity index (χ1v) is 32.4. The van der Waals surface area contributed by atoms with Crippen LogP contribution in [0.15, 0.2) is 60.7 Å². The molecule has 0 bridgehead atoms. The molecule has 0 fully saturated rings. The summed E-state index contributed by atoms with van der Waals surface area (Å²) in [6.07, 6.45) is 10.1. The smallest absolute Gasteiger partial charge is 0.309 e. The molecule has 0 spiro atoms. The normalized spacial score (nSPS) is 13.6. The lowest BCUT2D eigenvalue weighted by molar-refractivity contribution is -0.151. The predicted octanol–water partition coefficient (Wildman–Crippen LogP) is 13.2. The van der Waals surface area contributed by atoms with Gasteiger partial charge in [-0.05, 0) is 171 Å². The number of rotatable bonds is 30. The molecule has 0 radical (unpaired) electrons. The Bertz CT molecular complexity index is 1480. The number of nitrogens with two attached hydrogens (primary N) is 3. The second kappa shape index (κ2) is 68.8. The molecule has 0 aliphatic carbocycles. The number of ether oxygens (including phenoxy) is 1. The van der Waals surface area contributed by atoms with Crippen LogP contribution < -0.4 is 38.5 Å². The fraction of sp³-hybridized carbons (Fsp3) is 0.794. The van der Waals surface area contributed by atoms with Gasteiger partial charge in [0.05, 0.1) is 12.6 Å². The van der Waals surface area contributed by atoms with E-state index in [-0.39, 0.29) is 23.7 Å². The van der Waals surface area contributed by atoms with Gasteiger partial charge in [-0.1, -0.05) is 178 Å². The van der Waals surface area contributed by atoms with E-state index in [4.69, 9.17) is 21.9 Å². The highest BCUT2D eigenvalue weighted by Crippen LogP contribution is 2.10. The van der Waals surface area contributed by atoms with E-state index in [2.05, 4.69) is 203 Å². The third-order valence-corrected chi connectivity index (χ3v) is 14.1. The van der Waals surface area contributed by atoms with Gasteiger partial charge in [-0.2, -0.15) is 0 Å². The van der Waals surface area contributed by atoms with E-state index in [0.29, 0.717) is 56.2 Å². The number of nitrogens with one attached hydrogen (secondary N) is 4. The average molecular weight is 1160 g/mol. The van der Waals surface area contributed by atoms with Crippen LogP contribution >= 0.6 is 0 Å². The van der Waals surface area contributed by atoms with Crippen LogP contribution in [-0.2, 0) is 27.4 Å². The SMILES string of the molecule is CCC(C)C(=O)NCN(C)C.CCC(C)C(=O)OCN(C)C.CCC(C)CN.CCC(C)N.CCC(C)N(CC)CC.CCC(C)N(CC)Cc1ccccc1.CCC(C)NCN.CCC(C)NCc1ccccc1.CCNC(C)CC. The van der Waals surface area contributed by atoms with Crippen LogP contribution in [0.5, 0.6) is 0 Å². The van der Waals surface area contributed by atoms with E-state index in [1.807, 2.05) is 78.7 Å². The Balaban J connectivity index is -0.000000157. The van der Waals surface area contributed by atoms with Gasteiger partial charge in [0.2, 0.25) is 5.91 Å². The van der Waals surface area contributed by atoms with Crippen LogP contribution in [0.4, 0.5) is 0 Å². The largest absolute Gasteiger partial charge is 0.449 e. The van der Waals surface area contributed by atoms with Crippen molar-refractivity contribution in [2.24, 2.45) is 35.0 Å². The minimum absolute atomic E-state index is 0.0231. The second-order valence-corrected chi connectivity index (χ2v) is 22.2. The molecule has 10 N–H and O–H groups in total. The summed E-state index contributed by atoms with van der Waals surface area (Å²) >= 11 is 0. The summed E-state index contributed by atoms with van der Waals surface area (Å²) < 4.78 is 4.94. The van der Waals surface area contributed by atoms with Gasteiger partial charge >= 0.3 is 5.97 Å². The number of hydrogen-bond donors (Lipinski definition) is 7. The molecule has 14 nitrogen and oxygen atoms in total. The third-order valence-electron chi connectivity index (χ3n) is 14.1. The Kier molecular flexibility index (Phi) is 77.7. The van der Waals surface area contributed by atoms with Crippen molar-refractivity contribution in [1.29, 1.82) is 0 Å². The molecule has 2 aromatic carbocycles. The highest BCUT2D eigenvalue weighted by atomic mass is 16.5. The maximum Gasteiger partial charge on any atom is 0.309 e. The zero-order valence-corrected chi connectivity index (χ0v) is 59.2. The molecule has 2 rings (SSSR count). The fourth-order valence-electron chi connectivity index (χ4n) is 5.90. The summed E-state index contributed by atoms with van der Waals surface area (Å²) in [5.41, 5.74) is 18.5. The average Bonchev–Trinajstić information content (AvgIpc) is 3.49. The third kappa shape index (κ3) is 69.5. The first-order valence-electron chi connectivity index (χ1n) is 32.4. The van der Waals surface area contributed by atoms with E-state index in [0.717, 1.165) is 64.4 Å². The molecule has 9 atom stereocenters. The number of amides is 1. The zero-order chi connectivity index (χ0) is 64.9. The van der Waals surface area contributed by atoms with Crippen molar-refractivity contribution in [3.05, 3.63) is 71.8 Å². The quantitative estimate of drug-likeness (QED) is 0.0290. The van der Waals surface area contributed by atoms with E-state index >= 15 is 0 Å². The summed E-state index contributed by atoms with van der Waals surface area (Å²) in [6, 6.07) is 24.9. The molecule has 9 unspecified atom stereocenters. The Morgan fingerprint density at radius 1 is 0.500 bits per heavy atom. The van der Waals surface area contributed by atoms with E-state index in [1.165, 1.54) is 56.3 Å². The van der Waals surface area contributed by atoms with Crippen LogP contribution in [0, 0.1) is 17.8 Å². The van der Waals surface area contributed by atoms with E-state index < -0.39 is 0 Å². The minimum Gasteiger partial charge on any atom is -0.449 e. The van der Waals surface area contributed by atoms with Crippen LogP contribution in [0.1, 0.15) is 221 Å². The number of nitrogens with zero attached hydrogens (tertiary/aromatic N) is 4. The number of esters is 1. The number of hydrogen-bond acceptors (Lipinski definition) is 13. The lowest BCUT2D eigenvalue weighted by Gasteiger charge is -2.26. The lowest BCUT2D eigenvalue weighted by atomic mass is 10.1. The first-order chi connectivity index (χ1) is 38.7. The molecule has 2 aromatic rings. The Morgan fingerprint density at radius 2 is 0.915 bits per heavy atom. The topological polar surface area (TPSA) is 183 Å². The summed E-state index contributed by atoms with van der Waals surface area (Å²) in [6.45, 7) is 56.2. The van der Waals surface area contributed by atoms with Gasteiger partial charge in [0.15, 0.2) is 0 Å². The molecule has 0 aliphatic heterocycles. The molecular formula is C68H145N11O3. The minimum atomic E-state index is -0.110. The summed E-state index contributed by atoms with van der Waals surface area (Å²) in [5.74, 6) is 0.900. The number of benzene rings is 2. The molecule has 0 saturated carbocycles. The van der Waals surface area contributed by atoms with Gasteiger partial charge in [-0.25, -0.2) is 0 Å². The molecular weight excluding hydrogens is 1020 g/mol. The molecule has 0 aliphatic rings. The van der Waals surface area contributed by atoms with Crippen molar-refractivity contribution in [2.75, 3.05) is 81.0 Å². The van der Waals surface area contributed by atoms with Crippen molar-refractivity contribution in [3.8, 4) is 0 Å². The van der Waals surface area contributed by atoms with Crippen LogP contribution in [0.3, 0.4) is 0 Å². The van der Waals surface area contributed by atoms with Gasteiger partial charge in [-0.3, -0.25) is 24.3 Å². The van der Waals surface area contributed by atoms with Crippen LogP contribution in [0.25, 0.3) is 0 Å². The fourth-order valence-corrected chi connectivity index (χ4v) is 5.90. The molecule has 490 valence electrons. The van der Waals surface area contributed by atoms with E-state index in [9.17, 15) is 9.59 Å². The zero-order valence-electron chi connectivity index (χ0n) is 59.2. The Morgan fingerprint density at radius 3 is 1.20 bits per heavy atom. The summed E-state index contributed by atoms with van der Waals surface area (Å²) in [7, 11) is 7.58. The van der Waals surface area contributed by atoms with Crippen molar-refractivity contribution in [3.63, 3.8) is 0 Å². The van der Waals surface area contributed by atoms with Gasteiger partial charge < -0.3 is 48.1 Å². The van der Waals surface area contributed by atoms with Gasteiger partial charge in [0, 0.05) is 61.9 Å². The maximum atomic E-state index is 11.1. The number of carbonyl (C=O) groups excluding carboxylic acids is 2. The predicted molar refractivity (Wildman–Crippen MR) is 366 cm³/mol. The van der Waals surface area contributed by atoms with Crippen LogP contribution in [0.2, 0.25) is 0 Å². The summed E-state index contributed by atoms with van der Waals surface area (Å²) in [4.78, 5) is 30.9. The second-order valence-electron chi connectivity index (χ2n) is 22.2. The van der Waals surface area contributed by atoms with Crippen molar-refractivity contribution >= 4 is 11.9 Å². The first kappa shape index (κ1) is 92.7. The highest BCUT2D eigenvalue weighted by Gasteiger charge is 2.12. The number of carbonyl (C=O) groups is 2. The van der Waals surface area contributed by atoms with Gasteiger partial charge in [0.25, 0.3) is 0 Å². The molecule has 1 amide bonds. The maximum absolute atomic E-state index is 11.1. The molecule has 0 saturated heterocycles. The highest BCUT2D eigenvalue weighted by molar-refractivity contribution is 5.78. The summed E-state index contributed by atoms with van der Waals surface area (Å²) in [5, 5.41) is 12.6. The van der Waals surface area contributed by atoms with Crippen molar-refractivity contribution < 1.29 is 14.3 Å². The lowest BCUT2D eigenvalue weighted by Crippen LogP contribution is -2.36. The standard InChI is InChI=1S/C13H21N.C11H17N.C8H18N2O.C8H17NO2.C8H19N.C6H15N.C5H14N2.C5H13N.C4H11N/c1-4-12(3)14(5-2)11-13-9-7-6-8-10-13;1-3-10(2)12-9-11-7-5-4-6-8-11;1-5-7(2)8(11)9-6-10(3)4;1-5-7(2)8(10)11-6-9(3)4;1-5-8(4)9(6-2)7-3;1-4-6(3)7-5-2;1-3-5(2)7-4-6;1-3-5(2)4-6;1-3-4(2)5/h6-10,12H,4-5,11H2,1-3H3;4-8,10,12H,3,9H2,1-2H3;7H,5-6H2,1-4H3,(H,9,11);7H,5-6H2,1-4H3;8H,5-7H2,1-4H3;6-7H,4-5H2,1-3H3;5,7H,3-4,6H2,1-2H3;5H,3-4,6H2,1-2H3;4H,3,5H2,1-2H3. The van der Waals surface area contributed by atoms with E-state index in [1.54, 1.807) is 0 Å².